The molecule has 1 nitrogen and oxygen atoms in total. The van der Waals surface area contributed by atoms with Crippen molar-refractivity contribution in [2.45, 2.75) is 103 Å². The highest BCUT2D eigenvalue weighted by Crippen LogP contribution is 2.50. The summed E-state index contributed by atoms with van der Waals surface area (Å²) in [6.07, 6.45) is 14.2. The lowest BCUT2D eigenvalue weighted by Crippen LogP contribution is -2.61. The van der Waals surface area contributed by atoms with Crippen molar-refractivity contribution in [3.63, 3.8) is 0 Å². The molecule has 37 heavy (non-hydrogen) atoms. The van der Waals surface area contributed by atoms with Crippen LogP contribution < -0.4 is 0 Å². The predicted molar refractivity (Wildman–Crippen MR) is 158 cm³/mol. The summed E-state index contributed by atoms with van der Waals surface area (Å²) in [6.45, 7) is 7.24. The van der Waals surface area contributed by atoms with E-state index < -0.39 is 0 Å². The SMILES string of the molecule is Cc1cc2ccccc2c2c1C[N+](C1CCCCC1)(C1CCCCC1)Cc1c(C)cc3ccccc3c1-2. The molecule has 0 amide bonds. The lowest BCUT2D eigenvalue weighted by molar-refractivity contribution is -0.999. The first-order valence-corrected chi connectivity index (χ1v) is 15.0. The van der Waals surface area contributed by atoms with E-state index in [1.807, 2.05) is 0 Å². The Hall–Kier alpha value is -2.64. The summed E-state index contributed by atoms with van der Waals surface area (Å²) in [4.78, 5) is 0. The Balaban J connectivity index is 1.59. The summed E-state index contributed by atoms with van der Waals surface area (Å²) in [5.41, 5.74) is 9.39. The van der Waals surface area contributed by atoms with Crippen molar-refractivity contribution >= 4 is 21.5 Å². The van der Waals surface area contributed by atoms with Crippen molar-refractivity contribution in [1.82, 2.24) is 0 Å². The van der Waals surface area contributed by atoms with Gasteiger partial charge in [0.1, 0.15) is 13.1 Å². The largest absolute Gasteiger partial charge is 0.311 e. The van der Waals surface area contributed by atoms with E-state index in [-0.39, 0.29) is 0 Å². The number of hydrogen-bond donors (Lipinski definition) is 0. The summed E-state index contributed by atoms with van der Waals surface area (Å²) in [5, 5.41) is 5.69. The molecule has 7 rings (SSSR count). The fourth-order valence-corrected chi connectivity index (χ4v) is 8.69. The maximum Gasteiger partial charge on any atom is 0.106 e. The normalized spacial score (nSPS) is 20.5. The smallest absolute Gasteiger partial charge is 0.106 e. The zero-order valence-electron chi connectivity index (χ0n) is 22.9. The summed E-state index contributed by atoms with van der Waals surface area (Å²) < 4.78 is 1.32. The molecule has 190 valence electrons. The van der Waals surface area contributed by atoms with Crippen molar-refractivity contribution < 1.29 is 4.48 Å². The first-order valence-electron chi connectivity index (χ1n) is 15.0. The standard InChI is InChI=1S/C36H42N/c1-25-21-27-13-9-11-19-31(27)35-33(25)23-37(29-15-5-3-6-16-29,30-17-7-4-8-18-30)24-34-26(2)22-28-14-10-12-20-32(28)36(34)35/h9-14,19-22,29-30H,3-8,15-18,23-24H2,1-2H3/q+1. The maximum absolute atomic E-state index is 2.49. The molecule has 0 spiro atoms. The predicted octanol–water partition coefficient (Wildman–Crippen LogP) is 9.77. The van der Waals surface area contributed by atoms with Crippen molar-refractivity contribution in [3.8, 4) is 11.1 Å². The zero-order valence-corrected chi connectivity index (χ0v) is 22.9. The number of hydrogen-bond acceptors (Lipinski definition) is 0. The van der Waals surface area contributed by atoms with E-state index in [1.165, 1.54) is 114 Å². The van der Waals surface area contributed by atoms with Gasteiger partial charge in [0.2, 0.25) is 0 Å². The molecule has 0 atom stereocenters. The monoisotopic (exact) mass is 488 g/mol. The average molecular weight is 489 g/mol. The van der Waals surface area contributed by atoms with Crippen LogP contribution in [0.5, 0.6) is 0 Å². The molecule has 2 aliphatic carbocycles. The van der Waals surface area contributed by atoms with Gasteiger partial charge >= 0.3 is 0 Å². The van der Waals surface area contributed by atoms with Crippen LogP contribution in [-0.4, -0.2) is 16.6 Å². The number of quaternary nitrogens is 1. The molecule has 0 unspecified atom stereocenters. The van der Waals surface area contributed by atoms with Crippen molar-refractivity contribution in [3.05, 3.63) is 82.9 Å². The third kappa shape index (κ3) is 3.76. The number of rotatable bonds is 2. The van der Waals surface area contributed by atoms with Gasteiger partial charge in [0.25, 0.3) is 0 Å². The second-order valence-electron chi connectivity index (χ2n) is 12.5. The molecule has 4 aromatic carbocycles. The summed E-state index contributed by atoms with van der Waals surface area (Å²) in [5.74, 6) is 0. The lowest BCUT2D eigenvalue weighted by atomic mass is 9.84. The molecular weight excluding hydrogens is 446 g/mol. The Morgan fingerprint density at radius 2 is 0.946 bits per heavy atom. The highest BCUT2D eigenvalue weighted by molar-refractivity contribution is 6.08. The van der Waals surface area contributed by atoms with E-state index in [1.54, 1.807) is 22.3 Å². The van der Waals surface area contributed by atoms with Crippen LogP contribution in [0.25, 0.3) is 32.7 Å². The quantitative estimate of drug-likeness (QED) is 0.246. The van der Waals surface area contributed by atoms with Crippen LogP contribution in [0.4, 0.5) is 0 Å². The Morgan fingerprint density at radius 1 is 0.541 bits per heavy atom. The molecule has 2 fully saturated rings. The van der Waals surface area contributed by atoms with Crippen LogP contribution >= 0.6 is 0 Å². The summed E-state index contributed by atoms with van der Waals surface area (Å²) >= 11 is 0. The molecule has 0 radical (unpaired) electrons. The van der Waals surface area contributed by atoms with Crippen LogP contribution in [0, 0.1) is 13.8 Å². The first kappa shape index (κ1) is 23.5. The van der Waals surface area contributed by atoms with Crippen LogP contribution in [-0.2, 0) is 13.1 Å². The third-order valence-electron chi connectivity index (χ3n) is 10.5. The van der Waals surface area contributed by atoms with Gasteiger partial charge in [0, 0.05) is 11.1 Å². The Kier molecular flexibility index (Phi) is 5.89. The zero-order chi connectivity index (χ0) is 25.0. The molecule has 1 aliphatic heterocycles. The number of nitrogens with zero attached hydrogens (tertiary/aromatic N) is 1. The van der Waals surface area contributed by atoms with Crippen molar-refractivity contribution in [2.75, 3.05) is 0 Å². The minimum Gasteiger partial charge on any atom is -0.311 e. The molecule has 1 heteroatoms. The van der Waals surface area contributed by atoms with E-state index in [9.17, 15) is 0 Å². The fraction of sp³-hybridized carbons (Fsp3) is 0.444. The van der Waals surface area contributed by atoms with Gasteiger partial charge in [-0.2, -0.15) is 0 Å². The van der Waals surface area contributed by atoms with Gasteiger partial charge in [-0.05, 0) is 109 Å². The molecule has 0 N–H and O–H groups in total. The van der Waals surface area contributed by atoms with Gasteiger partial charge in [0.05, 0.1) is 12.1 Å². The topological polar surface area (TPSA) is 0 Å². The highest BCUT2D eigenvalue weighted by Gasteiger charge is 2.47. The van der Waals surface area contributed by atoms with Gasteiger partial charge in [-0.25, -0.2) is 0 Å². The van der Waals surface area contributed by atoms with Crippen molar-refractivity contribution in [1.29, 1.82) is 0 Å². The molecule has 0 saturated heterocycles. The van der Waals surface area contributed by atoms with Crippen LogP contribution in [0.1, 0.15) is 86.5 Å². The minimum absolute atomic E-state index is 0.799. The van der Waals surface area contributed by atoms with Crippen LogP contribution in [0.15, 0.2) is 60.7 Å². The molecule has 0 aromatic heterocycles. The molecule has 0 bridgehead atoms. The van der Waals surface area contributed by atoms with Crippen molar-refractivity contribution in [2.24, 2.45) is 0 Å². The highest BCUT2D eigenvalue weighted by atomic mass is 15.4. The van der Waals surface area contributed by atoms with E-state index in [4.69, 9.17) is 0 Å². The molecular formula is C36H42N+. The maximum atomic E-state index is 2.49. The van der Waals surface area contributed by atoms with Gasteiger partial charge in [0.15, 0.2) is 0 Å². The summed E-state index contributed by atoms with van der Waals surface area (Å²) in [6, 6.07) is 25.0. The van der Waals surface area contributed by atoms with E-state index in [0.717, 1.165) is 12.1 Å². The van der Waals surface area contributed by atoms with Gasteiger partial charge in [-0.3, -0.25) is 0 Å². The van der Waals surface area contributed by atoms with Crippen LogP contribution in [0.2, 0.25) is 0 Å². The van der Waals surface area contributed by atoms with Gasteiger partial charge in [-0.1, -0.05) is 73.5 Å². The Bertz CT molecular complexity index is 1350. The lowest BCUT2D eigenvalue weighted by Gasteiger charge is -2.52. The summed E-state index contributed by atoms with van der Waals surface area (Å²) in [7, 11) is 0. The molecule has 4 aromatic rings. The van der Waals surface area contributed by atoms with E-state index in [2.05, 4.69) is 74.5 Å². The fourth-order valence-electron chi connectivity index (χ4n) is 8.69. The number of benzene rings is 4. The second kappa shape index (κ2) is 9.28. The molecule has 3 aliphatic rings. The Morgan fingerprint density at radius 3 is 1.38 bits per heavy atom. The second-order valence-corrected chi connectivity index (χ2v) is 12.5. The average Bonchev–Trinajstić information content (AvgIpc) is 3.12. The van der Waals surface area contributed by atoms with Crippen LogP contribution in [0.3, 0.4) is 0 Å². The molecule has 1 heterocycles. The minimum atomic E-state index is 0.799. The number of fused-ring (bicyclic) bond motifs is 7. The number of aryl methyl sites for hydroxylation is 2. The van der Waals surface area contributed by atoms with Gasteiger partial charge < -0.3 is 4.48 Å². The third-order valence-corrected chi connectivity index (χ3v) is 10.5. The van der Waals surface area contributed by atoms with E-state index in [0.29, 0.717) is 0 Å². The molecule has 2 saturated carbocycles. The first-order chi connectivity index (χ1) is 18.2. The Labute approximate surface area is 223 Å². The van der Waals surface area contributed by atoms with E-state index >= 15 is 0 Å². The van der Waals surface area contributed by atoms with Gasteiger partial charge in [-0.15, -0.1) is 0 Å².